The van der Waals surface area contributed by atoms with Gasteiger partial charge in [0.1, 0.15) is 0 Å². The van der Waals surface area contributed by atoms with Crippen LogP contribution in [0.25, 0.3) is 0 Å². The molecular formula is C18H19Cl2N3O. The fourth-order valence-electron chi connectivity index (χ4n) is 3.07. The molecule has 0 spiro atoms. The minimum Gasteiger partial charge on any atom is -0.326 e. The van der Waals surface area contributed by atoms with Gasteiger partial charge in [0.25, 0.3) is 0 Å². The van der Waals surface area contributed by atoms with Crippen molar-refractivity contribution < 1.29 is 4.79 Å². The molecule has 3 N–H and O–H groups in total. The quantitative estimate of drug-likeness (QED) is 0.875. The second kappa shape index (κ2) is 7.53. The summed E-state index contributed by atoms with van der Waals surface area (Å²) >= 11 is 11.8. The van der Waals surface area contributed by atoms with E-state index in [1.54, 1.807) is 18.2 Å². The van der Waals surface area contributed by atoms with Crippen molar-refractivity contribution in [1.82, 2.24) is 4.90 Å². The molecular weight excluding hydrogens is 345 g/mol. The molecule has 1 amide bonds. The molecule has 24 heavy (non-hydrogen) atoms. The van der Waals surface area contributed by atoms with Gasteiger partial charge in [-0.25, -0.2) is 0 Å². The first-order valence-electron chi connectivity index (χ1n) is 7.80. The Balaban J connectivity index is 1.58. The highest BCUT2D eigenvalue weighted by Gasteiger charge is 2.31. The van der Waals surface area contributed by atoms with Crippen molar-refractivity contribution in [3.63, 3.8) is 0 Å². The third-order valence-electron chi connectivity index (χ3n) is 4.24. The zero-order valence-corrected chi connectivity index (χ0v) is 14.6. The Labute approximate surface area is 151 Å². The number of hydrogen-bond acceptors (Lipinski definition) is 3. The molecule has 1 heterocycles. The van der Waals surface area contributed by atoms with Crippen LogP contribution in [0.1, 0.15) is 11.5 Å². The summed E-state index contributed by atoms with van der Waals surface area (Å²) < 4.78 is 0. The fourth-order valence-corrected chi connectivity index (χ4v) is 3.37. The predicted molar refractivity (Wildman–Crippen MR) is 98.7 cm³/mol. The number of benzene rings is 2. The zero-order valence-electron chi connectivity index (χ0n) is 13.1. The maximum absolute atomic E-state index is 12.2. The first-order chi connectivity index (χ1) is 11.5. The average Bonchev–Trinajstić information content (AvgIpc) is 2.92. The van der Waals surface area contributed by atoms with Crippen molar-refractivity contribution in [2.24, 2.45) is 5.73 Å². The van der Waals surface area contributed by atoms with E-state index in [0.29, 0.717) is 28.8 Å². The summed E-state index contributed by atoms with van der Waals surface area (Å²) in [7, 11) is 0. The Kier molecular flexibility index (Phi) is 5.41. The Hall–Kier alpha value is -1.59. The van der Waals surface area contributed by atoms with Crippen LogP contribution in [0.15, 0.2) is 48.5 Å². The number of nitrogens with zero attached hydrogens (tertiary/aromatic N) is 1. The van der Waals surface area contributed by atoms with E-state index in [-0.39, 0.29) is 17.9 Å². The van der Waals surface area contributed by atoms with Crippen LogP contribution in [0.5, 0.6) is 0 Å². The number of rotatable bonds is 4. The summed E-state index contributed by atoms with van der Waals surface area (Å²) in [4.78, 5) is 14.3. The maximum Gasteiger partial charge on any atom is 0.238 e. The molecule has 2 aromatic rings. The molecule has 6 heteroatoms. The van der Waals surface area contributed by atoms with Crippen LogP contribution in [0.2, 0.25) is 10.0 Å². The highest BCUT2D eigenvalue weighted by atomic mass is 35.5. The van der Waals surface area contributed by atoms with Gasteiger partial charge in [0.2, 0.25) is 5.91 Å². The van der Waals surface area contributed by atoms with Crippen molar-refractivity contribution in [1.29, 1.82) is 0 Å². The van der Waals surface area contributed by atoms with Gasteiger partial charge in [0, 0.05) is 30.7 Å². The lowest BCUT2D eigenvalue weighted by Crippen LogP contribution is -2.33. The molecule has 1 saturated heterocycles. The van der Waals surface area contributed by atoms with Crippen molar-refractivity contribution in [3.05, 3.63) is 64.1 Å². The lowest BCUT2D eigenvalue weighted by atomic mass is 9.95. The Bertz CT molecular complexity index is 723. The number of amides is 1. The number of carbonyl (C=O) groups is 1. The number of halogens is 2. The van der Waals surface area contributed by atoms with E-state index in [2.05, 4.69) is 22.3 Å². The van der Waals surface area contributed by atoms with Crippen LogP contribution >= 0.6 is 23.2 Å². The lowest BCUT2D eigenvalue weighted by Gasteiger charge is -2.16. The van der Waals surface area contributed by atoms with Crippen molar-refractivity contribution >= 4 is 34.8 Å². The van der Waals surface area contributed by atoms with Gasteiger partial charge in [-0.05, 0) is 23.8 Å². The SMILES string of the molecule is N[C@@H]1CN(CC(=O)Nc2ccc(Cl)c(Cl)c2)C[C@H]1c1ccccc1. The van der Waals surface area contributed by atoms with Gasteiger partial charge in [-0.3, -0.25) is 9.69 Å². The van der Waals surface area contributed by atoms with Crippen LogP contribution in [-0.2, 0) is 4.79 Å². The maximum atomic E-state index is 12.2. The van der Waals surface area contributed by atoms with Gasteiger partial charge in [-0.2, -0.15) is 0 Å². The minimum atomic E-state index is -0.0886. The Morgan fingerprint density at radius 3 is 2.58 bits per heavy atom. The summed E-state index contributed by atoms with van der Waals surface area (Å²) in [6, 6.07) is 15.3. The first kappa shape index (κ1) is 17.2. The number of nitrogens with one attached hydrogen (secondary N) is 1. The molecule has 0 radical (unpaired) electrons. The summed E-state index contributed by atoms with van der Waals surface area (Å²) in [5.74, 6) is 0.165. The van der Waals surface area contributed by atoms with Gasteiger partial charge < -0.3 is 11.1 Å². The molecule has 4 nitrogen and oxygen atoms in total. The monoisotopic (exact) mass is 363 g/mol. The molecule has 0 aromatic heterocycles. The van der Waals surface area contributed by atoms with Gasteiger partial charge in [-0.15, -0.1) is 0 Å². The highest BCUT2D eigenvalue weighted by molar-refractivity contribution is 6.42. The second-order valence-corrected chi connectivity index (χ2v) is 6.87. The molecule has 0 bridgehead atoms. The summed E-state index contributed by atoms with van der Waals surface area (Å²) in [6.07, 6.45) is 0. The van der Waals surface area contributed by atoms with E-state index in [1.807, 2.05) is 18.2 Å². The topological polar surface area (TPSA) is 58.4 Å². The van der Waals surface area contributed by atoms with E-state index in [4.69, 9.17) is 28.9 Å². The normalized spacial score (nSPS) is 21.0. The van der Waals surface area contributed by atoms with Gasteiger partial charge in [-0.1, -0.05) is 53.5 Å². The smallest absolute Gasteiger partial charge is 0.238 e. The molecule has 0 aliphatic carbocycles. The molecule has 2 aromatic carbocycles. The number of anilines is 1. The molecule has 3 rings (SSSR count). The standard InChI is InChI=1S/C18H19Cl2N3O/c19-15-7-6-13(8-16(15)20)22-18(24)11-23-9-14(17(21)10-23)12-4-2-1-3-5-12/h1-8,14,17H,9-11,21H2,(H,22,24)/t14-,17+/m0/s1. The number of likely N-dealkylation sites (tertiary alicyclic amines) is 1. The predicted octanol–water partition coefficient (Wildman–Crippen LogP) is 3.36. The first-order valence-corrected chi connectivity index (χ1v) is 8.56. The molecule has 1 aliphatic heterocycles. The largest absolute Gasteiger partial charge is 0.326 e. The molecule has 1 aliphatic rings. The van der Waals surface area contributed by atoms with Gasteiger partial charge in [0.05, 0.1) is 16.6 Å². The zero-order chi connectivity index (χ0) is 17.1. The van der Waals surface area contributed by atoms with E-state index < -0.39 is 0 Å². The summed E-state index contributed by atoms with van der Waals surface area (Å²) in [5, 5.41) is 3.72. The van der Waals surface area contributed by atoms with E-state index in [1.165, 1.54) is 5.56 Å². The molecule has 126 valence electrons. The van der Waals surface area contributed by atoms with Crippen LogP contribution < -0.4 is 11.1 Å². The average molecular weight is 364 g/mol. The van der Waals surface area contributed by atoms with E-state index in [0.717, 1.165) is 6.54 Å². The molecule has 0 unspecified atom stereocenters. The Morgan fingerprint density at radius 1 is 1.12 bits per heavy atom. The molecule has 0 saturated carbocycles. The Morgan fingerprint density at radius 2 is 1.88 bits per heavy atom. The van der Waals surface area contributed by atoms with Gasteiger partial charge >= 0.3 is 0 Å². The van der Waals surface area contributed by atoms with Crippen LogP contribution in [-0.4, -0.2) is 36.5 Å². The van der Waals surface area contributed by atoms with Crippen molar-refractivity contribution in [2.75, 3.05) is 25.0 Å². The van der Waals surface area contributed by atoms with Gasteiger partial charge in [0.15, 0.2) is 0 Å². The van der Waals surface area contributed by atoms with Crippen LogP contribution in [0.3, 0.4) is 0 Å². The second-order valence-electron chi connectivity index (χ2n) is 6.05. The van der Waals surface area contributed by atoms with E-state index in [9.17, 15) is 4.79 Å². The minimum absolute atomic E-state index is 0.0326. The third-order valence-corrected chi connectivity index (χ3v) is 4.98. The molecule has 2 atom stereocenters. The van der Waals surface area contributed by atoms with Crippen LogP contribution in [0, 0.1) is 0 Å². The van der Waals surface area contributed by atoms with Crippen LogP contribution in [0.4, 0.5) is 5.69 Å². The third kappa shape index (κ3) is 4.08. The van der Waals surface area contributed by atoms with E-state index >= 15 is 0 Å². The molecule has 1 fully saturated rings. The number of hydrogen-bond donors (Lipinski definition) is 2. The fraction of sp³-hybridized carbons (Fsp3) is 0.278. The lowest BCUT2D eigenvalue weighted by molar-refractivity contribution is -0.117. The number of carbonyl (C=O) groups excluding carboxylic acids is 1. The highest BCUT2D eigenvalue weighted by Crippen LogP contribution is 2.27. The summed E-state index contributed by atoms with van der Waals surface area (Å²) in [6.45, 7) is 1.78. The summed E-state index contributed by atoms with van der Waals surface area (Å²) in [5.41, 5.74) is 8.12. The van der Waals surface area contributed by atoms with Crippen molar-refractivity contribution in [3.8, 4) is 0 Å². The van der Waals surface area contributed by atoms with Crippen molar-refractivity contribution in [2.45, 2.75) is 12.0 Å². The number of nitrogens with two attached hydrogens (primary N) is 1.